The Morgan fingerprint density at radius 2 is 2.08 bits per heavy atom. The van der Waals surface area contributed by atoms with Crippen molar-refractivity contribution in [3.8, 4) is 0 Å². The predicted molar refractivity (Wildman–Crippen MR) is 99.6 cm³/mol. The van der Waals surface area contributed by atoms with Crippen LogP contribution >= 0.6 is 11.8 Å². The van der Waals surface area contributed by atoms with E-state index in [1.54, 1.807) is 31.5 Å². The van der Waals surface area contributed by atoms with Crippen LogP contribution in [-0.4, -0.2) is 27.7 Å². The summed E-state index contributed by atoms with van der Waals surface area (Å²) >= 11 is 1.23. The maximum absolute atomic E-state index is 12.3. The Hall–Kier alpha value is -2.86. The van der Waals surface area contributed by atoms with Gasteiger partial charge in [0.15, 0.2) is 0 Å². The molecular formula is C19H16N2O3S. The minimum atomic E-state index is -0.586. The fraction of sp³-hybridized carbons (Fsp3) is 0.105. The Labute approximate surface area is 149 Å². The number of thioether (sulfide) groups is 1. The van der Waals surface area contributed by atoms with E-state index in [-0.39, 0.29) is 17.9 Å². The zero-order chi connectivity index (χ0) is 17.6. The average Bonchev–Trinajstić information content (AvgIpc) is 2.92. The molecule has 1 aliphatic rings. The zero-order valence-corrected chi connectivity index (χ0v) is 14.4. The van der Waals surface area contributed by atoms with Crippen LogP contribution in [0.4, 0.5) is 5.69 Å². The van der Waals surface area contributed by atoms with E-state index in [0.29, 0.717) is 15.6 Å². The second-order valence-electron chi connectivity index (χ2n) is 5.09. The molecule has 0 bridgehead atoms. The quantitative estimate of drug-likeness (QED) is 0.832. The highest BCUT2D eigenvalue weighted by Crippen LogP contribution is 2.40. The number of benzene rings is 1. The molecule has 0 saturated heterocycles. The van der Waals surface area contributed by atoms with E-state index in [0.717, 1.165) is 5.56 Å². The van der Waals surface area contributed by atoms with Crippen molar-refractivity contribution in [1.82, 2.24) is 4.98 Å². The Morgan fingerprint density at radius 3 is 2.76 bits per heavy atom. The molecule has 1 aromatic heterocycles. The molecule has 0 saturated carbocycles. The predicted octanol–water partition coefficient (Wildman–Crippen LogP) is 4.27. The Morgan fingerprint density at radius 1 is 1.28 bits per heavy atom. The minimum Gasteiger partial charge on any atom is -0.506 e. The third-order valence-corrected chi connectivity index (χ3v) is 4.36. The van der Waals surface area contributed by atoms with Gasteiger partial charge in [-0.1, -0.05) is 36.0 Å². The highest BCUT2D eigenvalue weighted by molar-refractivity contribution is 8.18. The van der Waals surface area contributed by atoms with E-state index < -0.39 is 5.97 Å². The van der Waals surface area contributed by atoms with Gasteiger partial charge >= 0.3 is 5.97 Å². The third kappa shape index (κ3) is 3.97. The van der Waals surface area contributed by atoms with Crippen molar-refractivity contribution >= 4 is 34.5 Å². The van der Waals surface area contributed by atoms with Gasteiger partial charge in [-0.3, -0.25) is 4.98 Å². The first kappa shape index (κ1) is 17.0. The van der Waals surface area contributed by atoms with Gasteiger partial charge < -0.3 is 9.84 Å². The van der Waals surface area contributed by atoms with E-state index in [2.05, 4.69) is 9.98 Å². The van der Waals surface area contributed by atoms with Crippen LogP contribution in [0, 0.1) is 0 Å². The van der Waals surface area contributed by atoms with Crippen molar-refractivity contribution in [3.05, 3.63) is 76.7 Å². The SMILES string of the molecule is CCOC(=O)C1=C(O)C(=Cc2cccnc2)SC1=Nc1ccccc1. The van der Waals surface area contributed by atoms with Crippen molar-refractivity contribution in [2.75, 3.05) is 6.61 Å². The normalized spacial score (nSPS) is 17.3. The van der Waals surface area contributed by atoms with Gasteiger partial charge in [0.2, 0.25) is 0 Å². The highest BCUT2D eigenvalue weighted by Gasteiger charge is 2.33. The van der Waals surface area contributed by atoms with Crippen LogP contribution in [0.5, 0.6) is 0 Å². The molecule has 0 unspecified atom stereocenters. The van der Waals surface area contributed by atoms with Gasteiger partial charge in [0, 0.05) is 12.4 Å². The van der Waals surface area contributed by atoms with Crippen molar-refractivity contribution in [2.24, 2.45) is 4.99 Å². The third-order valence-electron chi connectivity index (χ3n) is 3.34. The van der Waals surface area contributed by atoms with Gasteiger partial charge in [-0.05, 0) is 36.8 Å². The lowest BCUT2D eigenvalue weighted by molar-refractivity contribution is -0.138. The van der Waals surface area contributed by atoms with Crippen molar-refractivity contribution in [3.63, 3.8) is 0 Å². The Bertz CT molecular complexity index is 859. The summed E-state index contributed by atoms with van der Waals surface area (Å²) in [4.78, 5) is 21.4. The molecule has 0 spiro atoms. The van der Waals surface area contributed by atoms with Gasteiger partial charge in [-0.2, -0.15) is 0 Å². The number of pyridine rings is 1. The number of para-hydroxylation sites is 1. The maximum atomic E-state index is 12.3. The van der Waals surface area contributed by atoms with Crippen LogP contribution < -0.4 is 0 Å². The van der Waals surface area contributed by atoms with E-state index >= 15 is 0 Å². The van der Waals surface area contributed by atoms with Crippen molar-refractivity contribution < 1.29 is 14.6 Å². The molecule has 0 amide bonds. The second-order valence-corrected chi connectivity index (χ2v) is 6.12. The first-order valence-electron chi connectivity index (χ1n) is 7.73. The molecule has 0 radical (unpaired) electrons. The summed E-state index contributed by atoms with van der Waals surface area (Å²) in [6.45, 7) is 1.94. The monoisotopic (exact) mass is 352 g/mol. The van der Waals surface area contributed by atoms with Gasteiger partial charge in [0.25, 0.3) is 0 Å². The van der Waals surface area contributed by atoms with Crippen molar-refractivity contribution in [2.45, 2.75) is 6.92 Å². The smallest absolute Gasteiger partial charge is 0.344 e. The van der Waals surface area contributed by atoms with Gasteiger partial charge in [-0.25, -0.2) is 9.79 Å². The minimum absolute atomic E-state index is 0.0887. The molecule has 3 rings (SSSR count). The molecule has 6 heteroatoms. The molecule has 1 N–H and O–H groups in total. The van der Waals surface area contributed by atoms with E-state index in [1.165, 1.54) is 11.8 Å². The molecule has 1 aliphatic heterocycles. The van der Waals surface area contributed by atoms with E-state index in [1.807, 2.05) is 36.4 Å². The fourth-order valence-corrected chi connectivity index (χ4v) is 3.26. The van der Waals surface area contributed by atoms with E-state index in [4.69, 9.17) is 4.74 Å². The molecule has 2 aromatic rings. The molecule has 0 fully saturated rings. The first-order chi connectivity index (χ1) is 12.2. The number of aliphatic hydroxyl groups excluding tert-OH is 1. The number of hydrogen-bond acceptors (Lipinski definition) is 6. The molecule has 2 heterocycles. The summed E-state index contributed by atoms with van der Waals surface area (Å²) in [6, 6.07) is 12.9. The van der Waals surface area contributed by atoms with Gasteiger partial charge in [0.05, 0.1) is 17.2 Å². The van der Waals surface area contributed by atoms with E-state index in [9.17, 15) is 9.90 Å². The summed E-state index contributed by atoms with van der Waals surface area (Å²) < 4.78 is 5.07. The van der Waals surface area contributed by atoms with Crippen LogP contribution in [-0.2, 0) is 9.53 Å². The number of aromatic nitrogens is 1. The largest absolute Gasteiger partial charge is 0.506 e. The zero-order valence-electron chi connectivity index (χ0n) is 13.5. The molecule has 0 atom stereocenters. The van der Waals surface area contributed by atoms with Gasteiger partial charge in [0.1, 0.15) is 16.4 Å². The highest BCUT2D eigenvalue weighted by atomic mass is 32.2. The molecule has 1 aromatic carbocycles. The number of aliphatic imine (C=N–C) groups is 1. The van der Waals surface area contributed by atoms with Crippen LogP contribution in [0.2, 0.25) is 0 Å². The van der Waals surface area contributed by atoms with Crippen LogP contribution in [0.15, 0.2) is 76.1 Å². The number of carbonyl (C=O) groups is 1. The number of aliphatic hydroxyl groups is 1. The van der Waals surface area contributed by atoms with Crippen LogP contribution in [0.1, 0.15) is 12.5 Å². The number of hydrogen-bond donors (Lipinski definition) is 1. The standard InChI is InChI=1S/C19H16N2O3S/c1-2-24-19(23)16-17(22)15(11-13-7-6-10-20-12-13)25-18(16)21-14-8-4-3-5-9-14/h3-12,22H,2H2,1H3. The number of carbonyl (C=O) groups excluding carboxylic acids is 1. The number of esters is 1. The molecule has 25 heavy (non-hydrogen) atoms. The Kier molecular flexibility index (Phi) is 5.30. The molecule has 0 aliphatic carbocycles. The average molecular weight is 352 g/mol. The van der Waals surface area contributed by atoms with Gasteiger partial charge in [-0.15, -0.1) is 0 Å². The summed E-state index contributed by atoms with van der Waals surface area (Å²) in [7, 11) is 0. The fourth-order valence-electron chi connectivity index (χ4n) is 2.22. The second kappa shape index (κ2) is 7.81. The molecule has 126 valence electrons. The number of nitrogens with zero attached hydrogens (tertiary/aromatic N) is 2. The topological polar surface area (TPSA) is 71.8 Å². The lowest BCUT2D eigenvalue weighted by Gasteiger charge is -2.03. The maximum Gasteiger partial charge on any atom is 0.344 e. The summed E-state index contributed by atoms with van der Waals surface area (Å²) in [5.74, 6) is -0.709. The summed E-state index contributed by atoms with van der Waals surface area (Å²) in [5, 5.41) is 11.0. The Balaban J connectivity index is 2.03. The number of ether oxygens (including phenoxy) is 1. The first-order valence-corrected chi connectivity index (χ1v) is 8.55. The number of rotatable bonds is 4. The molecule has 5 nitrogen and oxygen atoms in total. The van der Waals surface area contributed by atoms with Crippen molar-refractivity contribution in [1.29, 1.82) is 0 Å². The summed E-state index contributed by atoms with van der Waals surface area (Å²) in [6.07, 6.45) is 5.11. The lowest BCUT2D eigenvalue weighted by Crippen LogP contribution is -2.12. The summed E-state index contributed by atoms with van der Waals surface area (Å²) in [5.41, 5.74) is 1.61. The van der Waals surface area contributed by atoms with Crippen LogP contribution in [0.25, 0.3) is 6.08 Å². The molecular weight excluding hydrogens is 336 g/mol. The van der Waals surface area contributed by atoms with Crippen LogP contribution in [0.3, 0.4) is 0 Å². The lowest BCUT2D eigenvalue weighted by atomic mass is 10.2.